The minimum absolute atomic E-state index is 0.157. The summed E-state index contributed by atoms with van der Waals surface area (Å²) in [4.78, 5) is 11.2. The Labute approximate surface area is 120 Å². The second-order valence-electron chi connectivity index (χ2n) is 4.58. The van der Waals surface area contributed by atoms with E-state index in [0.29, 0.717) is 17.6 Å². The molecular formula is C15H13N3O3. The molecule has 2 aromatic carbocycles. The quantitative estimate of drug-likeness (QED) is 0.794. The first-order valence-corrected chi connectivity index (χ1v) is 6.37. The van der Waals surface area contributed by atoms with Crippen molar-refractivity contribution in [1.29, 1.82) is 0 Å². The van der Waals surface area contributed by atoms with E-state index in [1.54, 1.807) is 17.9 Å². The zero-order valence-corrected chi connectivity index (χ0v) is 11.4. The van der Waals surface area contributed by atoms with E-state index < -0.39 is 5.97 Å². The number of hydrogen-bond donors (Lipinski definition) is 1. The summed E-state index contributed by atoms with van der Waals surface area (Å²) in [6, 6.07) is 12.7. The predicted octanol–water partition coefficient (Wildman–Crippen LogP) is 2.19. The van der Waals surface area contributed by atoms with Gasteiger partial charge in [-0.1, -0.05) is 23.4 Å². The molecule has 0 saturated heterocycles. The van der Waals surface area contributed by atoms with Gasteiger partial charge in [0.2, 0.25) is 0 Å². The fourth-order valence-electron chi connectivity index (χ4n) is 2.22. The van der Waals surface area contributed by atoms with Gasteiger partial charge in [-0.25, -0.2) is 9.48 Å². The van der Waals surface area contributed by atoms with Gasteiger partial charge in [0.25, 0.3) is 0 Å². The number of carboxylic acid groups (broad SMARTS) is 1. The molecule has 0 bridgehead atoms. The molecule has 0 radical (unpaired) electrons. The third kappa shape index (κ3) is 2.43. The summed E-state index contributed by atoms with van der Waals surface area (Å²) < 4.78 is 6.87. The molecule has 1 heterocycles. The van der Waals surface area contributed by atoms with Crippen molar-refractivity contribution in [2.45, 2.75) is 6.54 Å². The normalized spacial score (nSPS) is 10.7. The third-order valence-electron chi connectivity index (χ3n) is 3.24. The molecule has 0 amide bonds. The van der Waals surface area contributed by atoms with E-state index in [4.69, 9.17) is 9.84 Å². The number of aromatic nitrogens is 3. The van der Waals surface area contributed by atoms with Gasteiger partial charge in [-0.15, -0.1) is 5.10 Å². The van der Waals surface area contributed by atoms with Crippen LogP contribution in [0, 0.1) is 0 Å². The largest absolute Gasteiger partial charge is 0.497 e. The summed E-state index contributed by atoms with van der Waals surface area (Å²) in [5, 5.41) is 17.2. The lowest BCUT2D eigenvalue weighted by molar-refractivity contribution is 0.0699. The molecule has 0 unspecified atom stereocenters. The van der Waals surface area contributed by atoms with Gasteiger partial charge in [0.05, 0.1) is 24.7 Å². The summed E-state index contributed by atoms with van der Waals surface area (Å²) in [6.07, 6.45) is 0. The van der Waals surface area contributed by atoms with Crippen LogP contribution < -0.4 is 4.74 Å². The predicted molar refractivity (Wildman–Crippen MR) is 76.6 cm³/mol. The standard InChI is InChI=1S/C15H13N3O3/c1-21-11-5-2-4-10(8-11)9-18-13-7-3-6-12(15(19)20)14(13)16-17-18/h2-8H,9H2,1H3,(H,19,20). The molecule has 0 saturated carbocycles. The molecule has 0 aliphatic carbocycles. The van der Waals surface area contributed by atoms with E-state index in [2.05, 4.69) is 10.3 Å². The number of rotatable bonds is 4. The number of ether oxygens (including phenoxy) is 1. The van der Waals surface area contributed by atoms with Crippen LogP contribution in [0.4, 0.5) is 0 Å². The first-order valence-electron chi connectivity index (χ1n) is 6.37. The Morgan fingerprint density at radius 2 is 2.10 bits per heavy atom. The zero-order chi connectivity index (χ0) is 14.8. The van der Waals surface area contributed by atoms with Crippen LogP contribution in [0.5, 0.6) is 5.75 Å². The fourth-order valence-corrected chi connectivity index (χ4v) is 2.22. The van der Waals surface area contributed by atoms with Gasteiger partial charge in [0.1, 0.15) is 11.3 Å². The lowest BCUT2D eigenvalue weighted by Crippen LogP contribution is -2.02. The highest BCUT2D eigenvalue weighted by Crippen LogP contribution is 2.19. The maximum absolute atomic E-state index is 11.2. The minimum atomic E-state index is -1.01. The van der Waals surface area contributed by atoms with Crippen molar-refractivity contribution in [3.8, 4) is 5.75 Å². The summed E-state index contributed by atoms with van der Waals surface area (Å²) in [5.41, 5.74) is 2.25. The van der Waals surface area contributed by atoms with Crippen LogP contribution >= 0.6 is 0 Å². The van der Waals surface area contributed by atoms with E-state index >= 15 is 0 Å². The number of hydrogen-bond acceptors (Lipinski definition) is 4. The Balaban J connectivity index is 2.01. The Bertz CT molecular complexity index is 811. The summed E-state index contributed by atoms with van der Waals surface area (Å²) >= 11 is 0. The van der Waals surface area contributed by atoms with Gasteiger partial charge in [-0.3, -0.25) is 0 Å². The first kappa shape index (κ1) is 13.1. The number of aromatic carboxylic acids is 1. The van der Waals surface area contributed by atoms with Gasteiger partial charge >= 0.3 is 5.97 Å². The minimum Gasteiger partial charge on any atom is -0.497 e. The summed E-state index contributed by atoms with van der Waals surface area (Å²) in [5.74, 6) is -0.239. The molecule has 6 heteroatoms. The molecule has 0 spiro atoms. The molecule has 3 rings (SSSR count). The van der Waals surface area contributed by atoms with Gasteiger partial charge < -0.3 is 9.84 Å². The van der Waals surface area contributed by atoms with Crippen LogP contribution in [0.1, 0.15) is 15.9 Å². The van der Waals surface area contributed by atoms with Crippen molar-refractivity contribution in [3.05, 3.63) is 53.6 Å². The van der Waals surface area contributed by atoms with E-state index in [0.717, 1.165) is 11.3 Å². The zero-order valence-electron chi connectivity index (χ0n) is 11.4. The number of fused-ring (bicyclic) bond motifs is 1. The first-order chi connectivity index (χ1) is 10.2. The van der Waals surface area contributed by atoms with Crippen molar-refractivity contribution in [2.75, 3.05) is 7.11 Å². The average molecular weight is 283 g/mol. The highest BCUT2D eigenvalue weighted by atomic mass is 16.5. The highest BCUT2D eigenvalue weighted by Gasteiger charge is 2.13. The lowest BCUT2D eigenvalue weighted by atomic mass is 10.1. The molecule has 0 fully saturated rings. The Hall–Kier alpha value is -2.89. The molecule has 1 N–H and O–H groups in total. The maximum Gasteiger partial charge on any atom is 0.338 e. The SMILES string of the molecule is COc1cccc(Cn2nnc3c(C(=O)O)cccc32)c1. The average Bonchev–Trinajstić information content (AvgIpc) is 2.90. The van der Waals surface area contributed by atoms with Crippen LogP contribution in [0.2, 0.25) is 0 Å². The highest BCUT2D eigenvalue weighted by molar-refractivity contribution is 6.00. The summed E-state index contributed by atoms with van der Waals surface area (Å²) in [7, 11) is 1.61. The molecule has 21 heavy (non-hydrogen) atoms. The van der Waals surface area contributed by atoms with Crippen LogP contribution in [0.15, 0.2) is 42.5 Å². The number of benzene rings is 2. The molecule has 0 aliphatic rings. The number of carbonyl (C=O) groups is 1. The molecule has 0 atom stereocenters. The molecule has 6 nitrogen and oxygen atoms in total. The van der Waals surface area contributed by atoms with Gasteiger partial charge in [-0.2, -0.15) is 0 Å². The van der Waals surface area contributed by atoms with Crippen molar-refractivity contribution in [3.63, 3.8) is 0 Å². The molecular weight excluding hydrogens is 270 g/mol. The van der Waals surface area contributed by atoms with Gasteiger partial charge in [0.15, 0.2) is 0 Å². The number of methoxy groups -OCH3 is 1. The van der Waals surface area contributed by atoms with Crippen LogP contribution in [-0.2, 0) is 6.54 Å². The third-order valence-corrected chi connectivity index (χ3v) is 3.24. The van der Waals surface area contributed by atoms with Crippen molar-refractivity contribution in [2.24, 2.45) is 0 Å². The number of carboxylic acids is 1. The lowest BCUT2D eigenvalue weighted by Gasteiger charge is -2.05. The van der Waals surface area contributed by atoms with Crippen LogP contribution in [-0.4, -0.2) is 33.2 Å². The molecule has 1 aromatic heterocycles. The van der Waals surface area contributed by atoms with Crippen molar-refractivity contribution >= 4 is 17.0 Å². The van der Waals surface area contributed by atoms with E-state index in [9.17, 15) is 4.79 Å². The maximum atomic E-state index is 11.2. The fraction of sp³-hybridized carbons (Fsp3) is 0.133. The van der Waals surface area contributed by atoms with Crippen molar-refractivity contribution in [1.82, 2.24) is 15.0 Å². The topological polar surface area (TPSA) is 77.2 Å². The Kier molecular flexibility index (Phi) is 3.27. The molecule has 0 aliphatic heterocycles. The number of nitrogens with zero attached hydrogens (tertiary/aromatic N) is 3. The van der Waals surface area contributed by atoms with Crippen molar-refractivity contribution < 1.29 is 14.6 Å². The van der Waals surface area contributed by atoms with Crippen LogP contribution in [0.3, 0.4) is 0 Å². The Morgan fingerprint density at radius 1 is 1.29 bits per heavy atom. The van der Waals surface area contributed by atoms with Gasteiger partial charge in [-0.05, 0) is 29.8 Å². The smallest absolute Gasteiger partial charge is 0.338 e. The Morgan fingerprint density at radius 3 is 2.86 bits per heavy atom. The second kappa shape index (κ2) is 5.24. The second-order valence-corrected chi connectivity index (χ2v) is 4.58. The molecule has 3 aromatic rings. The van der Waals surface area contributed by atoms with Gasteiger partial charge in [0, 0.05) is 0 Å². The van der Waals surface area contributed by atoms with E-state index in [-0.39, 0.29) is 5.56 Å². The van der Waals surface area contributed by atoms with E-state index in [1.165, 1.54) is 6.07 Å². The van der Waals surface area contributed by atoms with E-state index in [1.807, 2.05) is 30.3 Å². The molecule has 106 valence electrons. The van der Waals surface area contributed by atoms with Crippen LogP contribution in [0.25, 0.3) is 11.0 Å². The summed E-state index contributed by atoms with van der Waals surface area (Å²) in [6.45, 7) is 0.497. The monoisotopic (exact) mass is 283 g/mol.